The van der Waals surface area contributed by atoms with Gasteiger partial charge in [-0.3, -0.25) is 10.1 Å². The average Bonchev–Trinajstić information content (AvgIpc) is 2.22. The van der Waals surface area contributed by atoms with Crippen LogP contribution < -0.4 is 5.32 Å². The third kappa shape index (κ3) is 2.82. The van der Waals surface area contributed by atoms with Crippen LogP contribution in [0.2, 0.25) is 5.02 Å². The largest absolute Gasteiger partial charge is 0.377 e. The SMILES string of the molecule is CCC(C)Nc1cc(F)c(Cl)cc1[N+](=O)[O-]. The van der Waals surface area contributed by atoms with Crippen molar-refractivity contribution in [1.29, 1.82) is 0 Å². The molecule has 0 spiro atoms. The lowest BCUT2D eigenvalue weighted by atomic mass is 10.2. The number of nitrogens with zero attached hydrogens (tertiary/aromatic N) is 1. The Labute approximate surface area is 97.6 Å². The molecule has 88 valence electrons. The highest BCUT2D eigenvalue weighted by Gasteiger charge is 2.18. The summed E-state index contributed by atoms with van der Waals surface area (Å²) in [5.41, 5.74) is -0.0621. The molecule has 6 heteroatoms. The van der Waals surface area contributed by atoms with Crippen LogP contribution in [0.5, 0.6) is 0 Å². The van der Waals surface area contributed by atoms with Crippen molar-refractivity contribution >= 4 is 23.0 Å². The Morgan fingerprint density at radius 2 is 2.25 bits per heavy atom. The van der Waals surface area contributed by atoms with Gasteiger partial charge in [-0.2, -0.15) is 0 Å². The van der Waals surface area contributed by atoms with Gasteiger partial charge in [0.15, 0.2) is 0 Å². The average molecular weight is 247 g/mol. The minimum atomic E-state index is -0.668. The summed E-state index contributed by atoms with van der Waals surface area (Å²) >= 11 is 5.49. The van der Waals surface area contributed by atoms with Crippen LogP contribution in [0.25, 0.3) is 0 Å². The summed E-state index contributed by atoms with van der Waals surface area (Å²) in [6, 6.07) is 2.09. The van der Waals surface area contributed by atoms with Gasteiger partial charge >= 0.3 is 0 Å². The van der Waals surface area contributed by atoms with Crippen LogP contribution in [0.4, 0.5) is 15.8 Å². The number of nitrogens with one attached hydrogen (secondary N) is 1. The molecule has 0 amide bonds. The monoisotopic (exact) mass is 246 g/mol. The molecule has 16 heavy (non-hydrogen) atoms. The second-order valence-corrected chi connectivity index (χ2v) is 3.90. The Hall–Kier alpha value is -1.36. The number of benzene rings is 1. The fourth-order valence-electron chi connectivity index (χ4n) is 1.17. The van der Waals surface area contributed by atoms with Crippen molar-refractivity contribution in [2.75, 3.05) is 5.32 Å². The third-order valence-corrected chi connectivity index (χ3v) is 2.54. The van der Waals surface area contributed by atoms with E-state index in [1.807, 2.05) is 13.8 Å². The Morgan fingerprint density at radius 3 is 2.75 bits per heavy atom. The molecule has 1 aromatic rings. The lowest BCUT2D eigenvalue weighted by Crippen LogP contribution is -2.14. The lowest BCUT2D eigenvalue weighted by Gasteiger charge is -2.13. The number of nitro benzene ring substituents is 1. The number of hydrogen-bond donors (Lipinski definition) is 1. The summed E-state index contributed by atoms with van der Waals surface area (Å²) < 4.78 is 13.2. The number of nitro groups is 1. The van der Waals surface area contributed by atoms with E-state index in [9.17, 15) is 14.5 Å². The van der Waals surface area contributed by atoms with Crippen molar-refractivity contribution in [3.63, 3.8) is 0 Å². The predicted octanol–water partition coefficient (Wildman–Crippen LogP) is 3.60. The van der Waals surface area contributed by atoms with Crippen LogP contribution in [0, 0.1) is 15.9 Å². The van der Waals surface area contributed by atoms with Gasteiger partial charge < -0.3 is 5.32 Å². The molecule has 1 unspecified atom stereocenters. The van der Waals surface area contributed by atoms with Crippen molar-refractivity contribution in [3.8, 4) is 0 Å². The number of hydrogen-bond acceptors (Lipinski definition) is 3. The molecule has 1 N–H and O–H groups in total. The van der Waals surface area contributed by atoms with E-state index in [-0.39, 0.29) is 22.4 Å². The Balaban J connectivity index is 3.14. The van der Waals surface area contributed by atoms with Crippen LogP contribution in [-0.4, -0.2) is 11.0 Å². The van der Waals surface area contributed by atoms with Crippen LogP contribution in [-0.2, 0) is 0 Å². The van der Waals surface area contributed by atoms with E-state index in [4.69, 9.17) is 11.6 Å². The van der Waals surface area contributed by atoms with Crippen LogP contribution in [0.1, 0.15) is 20.3 Å². The standard InChI is InChI=1S/C10H12ClFN2O2/c1-3-6(2)13-9-5-8(12)7(11)4-10(9)14(15)16/h4-6,13H,3H2,1-2H3. The van der Waals surface area contributed by atoms with Gasteiger partial charge in [0.05, 0.1) is 9.95 Å². The summed E-state index contributed by atoms with van der Waals surface area (Å²) in [5.74, 6) is -0.668. The first-order chi connectivity index (χ1) is 7.45. The molecule has 0 aliphatic rings. The summed E-state index contributed by atoms with van der Waals surface area (Å²) in [6.07, 6.45) is 0.779. The lowest BCUT2D eigenvalue weighted by molar-refractivity contribution is -0.384. The third-order valence-electron chi connectivity index (χ3n) is 2.25. The fourth-order valence-corrected chi connectivity index (χ4v) is 1.33. The number of rotatable bonds is 4. The van der Waals surface area contributed by atoms with Crippen LogP contribution in [0.15, 0.2) is 12.1 Å². The van der Waals surface area contributed by atoms with Crippen LogP contribution in [0.3, 0.4) is 0 Å². The molecular formula is C10H12ClFN2O2. The second kappa shape index (κ2) is 5.12. The van der Waals surface area contributed by atoms with E-state index >= 15 is 0 Å². The predicted molar refractivity (Wildman–Crippen MR) is 61.4 cm³/mol. The first kappa shape index (κ1) is 12.7. The molecule has 1 rings (SSSR count). The van der Waals surface area contributed by atoms with Crippen molar-refractivity contribution < 1.29 is 9.31 Å². The molecule has 0 bridgehead atoms. The van der Waals surface area contributed by atoms with Gasteiger partial charge in [0.25, 0.3) is 5.69 Å². The summed E-state index contributed by atoms with van der Waals surface area (Å²) in [4.78, 5) is 10.2. The summed E-state index contributed by atoms with van der Waals surface area (Å²) in [5, 5.41) is 13.4. The molecule has 0 saturated carbocycles. The second-order valence-electron chi connectivity index (χ2n) is 3.49. The molecule has 0 radical (unpaired) electrons. The number of anilines is 1. The minimum absolute atomic E-state index is 0.0271. The molecule has 0 aromatic heterocycles. The van der Waals surface area contributed by atoms with E-state index < -0.39 is 10.7 Å². The van der Waals surface area contributed by atoms with Crippen LogP contribution >= 0.6 is 11.6 Å². The molecule has 0 aliphatic heterocycles. The van der Waals surface area contributed by atoms with Gasteiger partial charge in [0, 0.05) is 18.2 Å². The zero-order valence-corrected chi connectivity index (χ0v) is 9.71. The van der Waals surface area contributed by atoms with E-state index in [1.165, 1.54) is 0 Å². The van der Waals surface area contributed by atoms with E-state index in [2.05, 4.69) is 5.32 Å². The molecule has 0 saturated heterocycles. The first-order valence-corrected chi connectivity index (χ1v) is 5.23. The van der Waals surface area contributed by atoms with Crippen molar-refractivity contribution in [1.82, 2.24) is 0 Å². The highest BCUT2D eigenvalue weighted by atomic mass is 35.5. The highest BCUT2D eigenvalue weighted by molar-refractivity contribution is 6.31. The van der Waals surface area contributed by atoms with E-state index in [0.717, 1.165) is 18.6 Å². The van der Waals surface area contributed by atoms with Gasteiger partial charge in [-0.15, -0.1) is 0 Å². The maximum Gasteiger partial charge on any atom is 0.294 e. The molecule has 0 aliphatic carbocycles. The van der Waals surface area contributed by atoms with Gasteiger partial charge in [-0.05, 0) is 13.3 Å². The Morgan fingerprint density at radius 1 is 1.62 bits per heavy atom. The van der Waals surface area contributed by atoms with Gasteiger partial charge in [0.2, 0.25) is 0 Å². The summed E-state index contributed by atoms with van der Waals surface area (Å²) in [6.45, 7) is 3.78. The zero-order chi connectivity index (χ0) is 12.3. The minimum Gasteiger partial charge on any atom is -0.377 e. The molecule has 0 heterocycles. The maximum atomic E-state index is 13.2. The number of halogens is 2. The quantitative estimate of drug-likeness (QED) is 0.652. The fraction of sp³-hybridized carbons (Fsp3) is 0.400. The molecular weight excluding hydrogens is 235 g/mol. The van der Waals surface area contributed by atoms with Gasteiger partial charge in [0.1, 0.15) is 11.5 Å². The van der Waals surface area contributed by atoms with E-state index in [1.54, 1.807) is 0 Å². The highest BCUT2D eigenvalue weighted by Crippen LogP contribution is 2.30. The van der Waals surface area contributed by atoms with Crippen molar-refractivity contribution in [3.05, 3.63) is 33.1 Å². The molecule has 4 nitrogen and oxygen atoms in total. The molecule has 1 atom stereocenters. The topological polar surface area (TPSA) is 55.2 Å². The Kier molecular flexibility index (Phi) is 4.06. The molecule has 0 fully saturated rings. The maximum absolute atomic E-state index is 13.2. The summed E-state index contributed by atoms with van der Waals surface area (Å²) in [7, 11) is 0. The normalized spacial score (nSPS) is 12.2. The van der Waals surface area contributed by atoms with Crippen molar-refractivity contribution in [2.45, 2.75) is 26.3 Å². The first-order valence-electron chi connectivity index (χ1n) is 4.85. The van der Waals surface area contributed by atoms with Gasteiger partial charge in [-0.1, -0.05) is 18.5 Å². The molecule has 1 aromatic carbocycles. The Bertz CT molecular complexity index is 412. The smallest absolute Gasteiger partial charge is 0.294 e. The van der Waals surface area contributed by atoms with E-state index in [0.29, 0.717) is 0 Å². The van der Waals surface area contributed by atoms with Crippen molar-refractivity contribution in [2.24, 2.45) is 0 Å². The van der Waals surface area contributed by atoms with Gasteiger partial charge in [-0.25, -0.2) is 4.39 Å². The zero-order valence-electron chi connectivity index (χ0n) is 8.96.